The van der Waals surface area contributed by atoms with E-state index in [4.69, 9.17) is 21.1 Å². The lowest BCUT2D eigenvalue weighted by atomic mass is 9.98. The highest BCUT2D eigenvalue weighted by atomic mass is 35.5. The minimum absolute atomic E-state index is 0. The van der Waals surface area contributed by atoms with Crippen LogP contribution in [0.3, 0.4) is 0 Å². The molecule has 4 rings (SSSR count). The normalized spacial score (nSPS) is 13.9. The van der Waals surface area contributed by atoms with Crippen LogP contribution in [0, 0.1) is 0 Å². The molecule has 1 N–H and O–H groups in total. The van der Waals surface area contributed by atoms with Crippen molar-refractivity contribution in [3.05, 3.63) is 64.7 Å². The lowest BCUT2D eigenvalue weighted by Gasteiger charge is -2.29. The molecule has 1 heterocycles. The van der Waals surface area contributed by atoms with Gasteiger partial charge in [-0.15, -0.1) is 12.4 Å². The lowest BCUT2D eigenvalue weighted by Crippen LogP contribution is -2.33. The van der Waals surface area contributed by atoms with E-state index in [1.807, 2.05) is 24.3 Å². The second-order valence-corrected chi connectivity index (χ2v) is 9.99. The van der Waals surface area contributed by atoms with Crippen LogP contribution in [0.2, 0.25) is 5.02 Å². The fourth-order valence-corrected chi connectivity index (χ4v) is 5.70. The Morgan fingerprint density at radius 1 is 1.00 bits per heavy atom. The molecule has 3 aromatic carbocycles. The van der Waals surface area contributed by atoms with Crippen molar-refractivity contribution in [2.24, 2.45) is 0 Å². The summed E-state index contributed by atoms with van der Waals surface area (Å²) in [4.78, 5) is 2.59. The van der Waals surface area contributed by atoms with Crippen molar-refractivity contribution in [1.82, 2.24) is 9.62 Å². The predicted molar refractivity (Wildman–Crippen MR) is 135 cm³/mol. The zero-order chi connectivity index (χ0) is 22.7. The Hall–Kier alpha value is -2.03. The van der Waals surface area contributed by atoms with Gasteiger partial charge in [-0.3, -0.25) is 4.90 Å². The molecule has 0 amide bonds. The molecule has 0 atom stereocenters. The first-order chi connectivity index (χ1) is 15.4. The van der Waals surface area contributed by atoms with Crippen molar-refractivity contribution in [3.63, 3.8) is 0 Å². The van der Waals surface area contributed by atoms with Gasteiger partial charge in [0.1, 0.15) is 0 Å². The summed E-state index contributed by atoms with van der Waals surface area (Å²) in [6, 6.07) is 14.6. The van der Waals surface area contributed by atoms with Crippen LogP contribution in [0.5, 0.6) is 11.5 Å². The molecule has 0 spiro atoms. The summed E-state index contributed by atoms with van der Waals surface area (Å²) in [6.07, 6.45) is 1.64. The monoisotopic (exact) mass is 510 g/mol. The third-order valence-electron chi connectivity index (χ3n) is 5.86. The first-order valence-electron chi connectivity index (χ1n) is 10.6. The first-order valence-corrected chi connectivity index (χ1v) is 12.4. The van der Waals surface area contributed by atoms with Gasteiger partial charge >= 0.3 is 0 Å². The molecule has 1 aliphatic heterocycles. The molecule has 0 saturated heterocycles. The fourth-order valence-electron chi connectivity index (χ4n) is 4.19. The van der Waals surface area contributed by atoms with Gasteiger partial charge < -0.3 is 9.47 Å². The van der Waals surface area contributed by atoms with Gasteiger partial charge in [0.15, 0.2) is 11.5 Å². The summed E-state index contributed by atoms with van der Waals surface area (Å²) < 4.78 is 39.4. The number of halogens is 2. The highest BCUT2D eigenvalue weighted by Crippen LogP contribution is 2.33. The Balaban J connectivity index is 0.00000306. The van der Waals surface area contributed by atoms with Crippen LogP contribution in [0.25, 0.3) is 10.8 Å². The van der Waals surface area contributed by atoms with Crippen LogP contribution >= 0.6 is 24.0 Å². The minimum atomic E-state index is -3.63. The summed E-state index contributed by atoms with van der Waals surface area (Å²) in [5.74, 6) is 1.49. The van der Waals surface area contributed by atoms with Crippen molar-refractivity contribution in [2.75, 3.05) is 33.9 Å². The average Bonchev–Trinajstić information content (AvgIpc) is 2.81. The second-order valence-electron chi connectivity index (χ2n) is 7.84. The number of nitrogens with zero attached hydrogens (tertiary/aromatic N) is 1. The van der Waals surface area contributed by atoms with Crippen LogP contribution in [0.1, 0.15) is 17.5 Å². The van der Waals surface area contributed by atoms with E-state index in [2.05, 4.69) is 15.7 Å². The van der Waals surface area contributed by atoms with Crippen LogP contribution in [-0.2, 0) is 23.0 Å². The van der Waals surface area contributed by atoms with Crippen molar-refractivity contribution in [1.29, 1.82) is 0 Å². The number of methoxy groups -OCH3 is 2. The van der Waals surface area contributed by atoms with Gasteiger partial charge in [-0.2, -0.15) is 0 Å². The molecule has 0 bridgehead atoms. The second kappa shape index (κ2) is 10.9. The van der Waals surface area contributed by atoms with E-state index in [0.717, 1.165) is 42.9 Å². The lowest BCUT2D eigenvalue weighted by molar-refractivity contribution is 0.250. The number of benzene rings is 3. The Morgan fingerprint density at radius 3 is 2.36 bits per heavy atom. The average molecular weight is 511 g/mol. The van der Waals surface area contributed by atoms with Crippen LogP contribution in [0.15, 0.2) is 53.4 Å². The van der Waals surface area contributed by atoms with E-state index < -0.39 is 10.0 Å². The molecule has 0 aromatic heterocycles. The summed E-state index contributed by atoms with van der Waals surface area (Å²) in [5.41, 5.74) is 2.50. The van der Waals surface area contributed by atoms with Gasteiger partial charge in [0.25, 0.3) is 0 Å². The minimum Gasteiger partial charge on any atom is -0.493 e. The molecular weight excluding hydrogens is 483 g/mol. The molecule has 0 radical (unpaired) electrons. The SMILES string of the molecule is COc1cc2c(cc1OC)CN(CCCNS(=O)(=O)c1ccc(Cl)c3ccccc13)CC2.Cl. The first kappa shape index (κ1) is 25.6. The molecule has 6 nitrogen and oxygen atoms in total. The van der Waals surface area contributed by atoms with E-state index in [1.165, 1.54) is 11.1 Å². The van der Waals surface area contributed by atoms with Gasteiger partial charge in [-0.1, -0.05) is 35.9 Å². The molecule has 0 unspecified atom stereocenters. The molecule has 178 valence electrons. The molecule has 33 heavy (non-hydrogen) atoms. The predicted octanol–water partition coefficient (Wildman–Crippen LogP) is 4.66. The van der Waals surface area contributed by atoms with Gasteiger partial charge in [0.05, 0.1) is 19.1 Å². The van der Waals surface area contributed by atoms with Gasteiger partial charge in [0, 0.05) is 35.4 Å². The third kappa shape index (κ3) is 5.55. The largest absolute Gasteiger partial charge is 0.493 e. The van der Waals surface area contributed by atoms with Gasteiger partial charge in [-0.05, 0) is 54.8 Å². The topological polar surface area (TPSA) is 67.9 Å². The van der Waals surface area contributed by atoms with Crippen LogP contribution in [-0.4, -0.2) is 47.2 Å². The molecule has 9 heteroatoms. The third-order valence-corrected chi connectivity index (χ3v) is 7.71. The summed E-state index contributed by atoms with van der Waals surface area (Å²) in [6.45, 7) is 2.91. The van der Waals surface area contributed by atoms with Crippen molar-refractivity contribution in [2.45, 2.75) is 24.3 Å². The standard InChI is InChI=1S/C24H27ClN2O4S.ClH/c1-30-22-14-17-10-13-27(16-18(17)15-23(22)31-2)12-5-11-26-32(28,29)24-9-8-21(25)19-6-3-4-7-20(19)24;/h3-4,6-9,14-15,26H,5,10-13,16H2,1-2H3;1H. The van der Waals surface area contributed by atoms with E-state index in [1.54, 1.807) is 32.4 Å². The number of sulfonamides is 1. The smallest absolute Gasteiger partial charge is 0.241 e. The molecule has 3 aromatic rings. The summed E-state index contributed by atoms with van der Waals surface area (Å²) >= 11 is 6.23. The maximum absolute atomic E-state index is 12.9. The van der Waals surface area contributed by atoms with E-state index >= 15 is 0 Å². The number of hydrogen-bond donors (Lipinski definition) is 1. The maximum atomic E-state index is 12.9. The van der Waals surface area contributed by atoms with E-state index in [0.29, 0.717) is 23.4 Å². The van der Waals surface area contributed by atoms with E-state index in [9.17, 15) is 8.42 Å². The molecule has 0 aliphatic carbocycles. The number of hydrogen-bond acceptors (Lipinski definition) is 5. The van der Waals surface area contributed by atoms with Gasteiger partial charge in [0.2, 0.25) is 10.0 Å². The number of ether oxygens (including phenoxy) is 2. The molecule has 0 fully saturated rings. The molecular formula is C24H28Cl2N2O4S. The van der Waals surface area contributed by atoms with Crippen molar-refractivity contribution in [3.8, 4) is 11.5 Å². The molecule has 0 saturated carbocycles. The number of nitrogens with one attached hydrogen (secondary N) is 1. The Labute approximate surface area is 206 Å². The molecule has 1 aliphatic rings. The Kier molecular flexibility index (Phi) is 8.48. The highest BCUT2D eigenvalue weighted by Gasteiger charge is 2.21. The van der Waals surface area contributed by atoms with Crippen LogP contribution in [0.4, 0.5) is 0 Å². The maximum Gasteiger partial charge on any atom is 0.241 e. The Morgan fingerprint density at radius 2 is 1.67 bits per heavy atom. The highest BCUT2D eigenvalue weighted by molar-refractivity contribution is 7.89. The number of fused-ring (bicyclic) bond motifs is 2. The summed E-state index contributed by atoms with van der Waals surface area (Å²) in [7, 11) is -0.344. The van der Waals surface area contributed by atoms with E-state index in [-0.39, 0.29) is 17.3 Å². The van der Waals surface area contributed by atoms with Crippen LogP contribution < -0.4 is 14.2 Å². The zero-order valence-corrected chi connectivity index (χ0v) is 21.0. The van der Waals surface area contributed by atoms with Crippen molar-refractivity contribution >= 4 is 44.8 Å². The summed E-state index contributed by atoms with van der Waals surface area (Å²) in [5, 5.41) is 1.90. The number of rotatable bonds is 8. The van der Waals surface area contributed by atoms with Gasteiger partial charge in [-0.25, -0.2) is 13.1 Å². The zero-order valence-electron chi connectivity index (χ0n) is 18.6. The Bertz CT molecular complexity index is 1230. The fraction of sp³-hybridized carbons (Fsp3) is 0.333. The quantitative estimate of drug-likeness (QED) is 0.446. The van der Waals surface area contributed by atoms with Crippen molar-refractivity contribution < 1.29 is 17.9 Å².